The second kappa shape index (κ2) is 77.6. The number of esters is 3. The summed E-state index contributed by atoms with van der Waals surface area (Å²) in [6, 6.07) is 0. The van der Waals surface area contributed by atoms with Gasteiger partial charge in [0.2, 0.25) is 0 Å². The van der Waals surface area contributed by atoms with Gasteiger partial charge in [0.25, 0.3) is 0 Å². The Kier molecular flexibility index (Phi) is 74.5. The van der Waals surface area contributed by atoms with Gasteiger partial charge in [0.15, 0.2) is 6.10 Å². The lowest BCUT2D eigenvalue weighted by Crippen LogP contribution is -2.30. The number of carbonyl (C=O) groups is 3. The molecule has 0 bridgehead atoms. The SMILES string of the molecule is CC/C=C\C/C=C\C/C=C\C/C=C\C/C=C\CCCCCCCCCCCCCCCCCCCC(=O)OCC(O)COP(=O)(O)OCC(O)COP(=O)(O)OCC(COC(=O)CCCCCCCCC/C=C\C/C=C\C/C=C\C/C=C\CCCCC)OC(=O)CCCCCCC/C=C\CCCC. The number of phosphoric acid groups is 2. The fourth-order valence-electron chi connectivity index (χ4n) is 10.9. The van der Waals surface area contributed by atoms with Crippen molar-refractivity contribution < 1.29 is 75.8 Å². The zero-order valence-corrected chi connectivity index (χ0v) is 66.7. The van der Waals surface area contributed by atoms with E-state index >= 15 is 0 Å². The Hall–Kier alpha value is -4.05. The van der Waals surface area contributed by atoms with E-state index in [2.05, 4.69) is 142 Å². The van der Waals surface area contributed by atoms with Crippen molar-refractivity contribution in [2.24, 2.45) is 0 Å². The highest BCUT2D eigenvalue weighted by molar-refractivity contribution is 7.47. The van der Waals surface area contributed by atoms with E-state index in [9.17, 15) is 43.5 Å². The van der Waals surface area contributed by atoms with E-state index in [0.717, 1.165) is 154 Å². The van der Waals surface area contributed by atoms with E-state index < -0.39 is 91.5 Å². The van der Waals surface area contributed by atoms with Crippen molar-refractivity contribution in [1.29, 1.82) is 0 Å². The number of aliphatic hydroxyl groups excluding tert-OH is 2. The van der Waals surface area contributed by atoms with Crippen LogP contribution in [-0.2, 0) is 55.8 Å². The second-order valence-corrected chi connectivity index (χ2v) is 30.1. The lowest BCUT2D eigenvalue weighted by atomic mass is 10.0. The fourth-order valence-corrected chi connectivity index (χ4v) is 12.5. The lowest BCUT2D eigenvalue weighted by Gasteiger charge is -2.21. The molecular formula is C85H148O16P2. The molecule has 0 saturated carbocycles. The number of carbonyl (C=O) groups excluding carboxylic acids is 3. The number of aliphatic hydroxyl groups is 2. The van der Waals surface area contributed by atoms with E-state index in [1.54, 1.807) is 0 Å². The van der Waals surface area contributed by atoms with Gasteiger partial charge in [0.1, 0.15) is 25.4 Å². The molecule has 16 nitrogen and oxygen atoms in total. The average Bonchev–Trinajstić information content (AvgIpc) is 0.914. The molecule has 0 spiro atoms. The van der Waals surface area contributed by atoms with E-state index in [4.69, 9.17) is 32.3 Å². The number of phosphoric ester groups is 2. The Morgan fingerprint density at radius 1 is 0.282 bits per heavy atom. The van der Waals surface area contributed by atoms with Crippen LogP contribution < -0.4 is 0 Å². The molecule has 0 heterocycles. The van der Waals surface area contributed by atoms with Crippen LogP contribution in [0.2, 0.25) is 0 Å². The maximum absolute atomic E-state index is 12.9. The summed E-state index contributed by atoms with van der Waals surface area (Å²) < 4.78 is 61.1. The Morgan fingerprint density at radius 2 is 0.524 bits per heavy atom. The third-order valence-corrected chi connectivity index (χ3v) is 19.0. The van der Waals surface area contributed by atoms with Crippen LogP contribution in [0.15, 0.2) is 122 Å². The second-order valence-electron chi connectivity index (χ2n) is 27.2. The summed E-state index contributed by atoms with van der Waals surface area (Å²) in [6.07, 6.45) is 92.7. The van der Waals surface area contributed by atoms with Crippen LogP contribution in [0.4, 0.5) is 0 Å². The van der Waals surface area contributed by atoms with Gasteiger partial charge in [-0.25, -0.2) is 9.13 Å². The van der Waals surface area contributed by atoms with Gasteiger partial charge in [-0.2, -0.15) is 0 Å². The maximum atomic E-state index is 12.9. The van der Waals surface area contributed by atoms with Crippen LogP contribution >= 0.6 is 15.6 Å². The minimum absolute atomic E-state index is 0.0908. The first-order valence-corrected chi connectivity index (χ1v) is 43.8. The van der Waals surface area contributed by atoms with E-state index in [0.29, 0.717) is 19.3 Å². The summed E-state index contributed by atoms with van der Waals surface area (Å²) in [5.74, 6) is -1.59. The van der Waals surface area contributed by atoms with E-state index in [1.807, 2.05) is 0 Å². The molecular weight excluding hydrogens is 1340 g/mol. The third-order valence-electron chi connectivity index (χ3n) is 17.1. The first-order chi connectivity index (χ1) is 50.2. The van der Waals surface area contributed by atoms with Gasteiger partial charge in [-0.05, 0) is 128 Å². The summed E-state index contributed by atoms with van der Waals surface area (Å²) in [4.78, 5) is 58.6. The van der Waals surface area contributed by atoms with Crippen LogP contribution in [0.3, 0.4) is 0 Å². The van der Waals surface area contributed by atoms with Gasteiger partial charge < -0.3 is 34.2 Å². The van der Waals surface area contributed by atoms with Gasteiger partial charge in [-0.3, -0.25) is 32.5 Å². The van der Waals surface area contributed by atoms with Gasteiger partial charge in [0.05, 0.1) is 26.4 Å². The first kappa shape index (κ1) is 98.9. The molecule has 18 heteroatoms. The topological polar surface area (TPSA) is 231 Å². The van der Waals surface area contributed by atoms with Crippen LogP contribution in [0.25, 0.3) is 0 Å². The molecule has 0 aliphatic carbocycles. The van der Waals surface area contributed by atoms with Crippen LogP contribution in [0, 0.1) is 0 Å². The van der Waals surface area contributed by atoms with Crippen LogP contribution in [0.1, 0.15) is 342 Å². The summed E-state index contributed by atoms with van der Waals surface area (Å²) in [7, 11) is -9.79. The molecule has 103 heavy (non-hydrogen) atoms. The molecule has 594 valence electrons. The van der Waals surface area contributed by atoms with Crippen molar-refractivity contribution in [3.63, 3.8) is 0 Å². The van der Waals surface area contributed by atoms with E-state index in [-0.39, 0.29) is 19.3 Å². The maximum Gasteiger partial charge on any atom is 0.472 e. The van der Waals surface area contributed by atoms with Crippen molar-refractivity contribution in [3.8, 4) is 0 Å². The number of rotatable bonds is 77. The van der Waals surface area contributed by atoms with Crippen LogP contribution in [-0.4, -0.2) is 95.9 Å². The number of hydrogen-bond acceptors (Lipinski definition) is 14. The van der Waals surface area contributed by atoms with E-state index in [1.165, 1.54) is 128 Å². The summed E-state index contributed by atoms with van der Waals surface area (Å²) >= 11 is 0. The van der Waals surface area contributed by atoms with Crippen LogP contribution in [0.5, 0.6) is 0 Å². The van der Waals surface area contributed by atoms with Crippen molar-refractivity contribution in [1.82, 2.24) is 0 Å². The highest BCUT2D eigenvalue weighted by atomic mass is 31.2. The molecule has 0 rings (SSSR count). The molecule has 5 atom stereocenters. The molecule has 0 aliphatic heterocycles. The molecule has 0 aromatic carbocycles. The quantitative estimate of drug-likeness (QED) is 0.0146. The minimum atomic E-state index is -4.93. The molecule has 0 aromatic rings. The molecule has 0 aliphatic rings. The van der Waals surface area contributed by atoms with Gasteiger partial charge in [-0.1, -0.05) is 316 Å². The van der Waals surface area contributed by atoms with Gasteiger partial charge in [0, 0.05) is 19.3 Å². The average molecular weight is 1490 g/mol. The Bertz CT molecular complexity index is 2360. The highest BCUT2D eigenvalue weighted by Gasteiger charge is 2.29. The minimum Gasteiger partial charge on any atom is -0.463 e. The van der Waals surface area contributed by atoms with Gasteiger partial charge in [-0.15, -0.1) is 0 Å². The van der Waals surface area contributed by atoms with Crippen molar-refractivity contribution in [2.75, 3.05) is 39.6 Å². The Morgan fingerprint density at radius 3 is 0.854 bits per heavy atom. The third kappa shape index (κ3) is 78.8. The summed E-state index contributed by atoms with van der Waals surface area (Å²) in [5, 5.41) is 20.6. The number of unbranched alkanes of at least 4 members (excludes halogenated alkanes) is 34. The standard InChI is InChI=1S/C85H148O16P2/c1-4-7-10-13-16-19-22-24-26-28-30-32-34-35-36-37-38-39-40-41-42-43-45-47-48-50-52-54-57-59-62-65-68-71-83(88)95-74-80(86)75-97-102(91,92)98-76-81(87)77-99-103(93,94)100-79-82(101-85(90)73-70-67-64-61-56-21-18-15-12-9-6-3)78-96-84(89)72-69-66-63-60-58-55-53-51-49-46-44-33-31-29-27-25-23-20-17-14-11-8-5-2/h7,10,15-20,24-27,30-33,35-36,46,49,80-82,86-87H,4-6,8-9,11-14,21-23,28-29,34,37-45,47-48,50-79H2,1-3H3,(H,91,92)(H,93,94)/b10-7-,18-15-,19-16-,20-17-,26-24-,27-25-,32-30-,33-31-,36-35-,49-46-. The molecule has 0 saturated heterocycles. The predicted molar refractivity (Wildman–Crippen MR) is 427 cm³/mol. The summed E-state index contributed by atoms with van der Waals surface area (Å²) in [6.45, 7) is 2.50. The largest absolute Gasteiger partial charge is 0.472 e. The summed E-state index contributed by atoms with van der Waals surface area (Å²) in [5.41, 5.74) is 0. The number of hydrogen-bond donors (Lipinski definition) is 4. The smallest absolute Gasteiger partial charge is 0.463 e. The molecule has 0 radical (unpaired) electrons. The molecule has 0 fully saturated rings. The first-order valence-electron chi connectivity index (χ1n) is 40.8. The Balaban J connectivity index is 4.37. The van der Waals surface area contributed by atoms with Gasteiger partial charge >= 0.3 is 33.6 Å². The van der Waals surface area contributed by atoms with Crippen molar-refractivity contribution in [3.05, 3.63) is 122 Å². The molecule has 0 amide bonds. The van der Waals surface area contributed by atoms with Crippen molar-refractivity contribution in [2.45, 2.75) is 360 Å². The predicted octanol–water partition coefficient (Wildman–Crippen LogP) is 24.1. The number of allylic oxidation sites excluding steroid dienone is 20. The molecule has 4 N–H and O–H groups in total. The molecule has 5 unspecified atom stereocenters. The normalized spacial score (nSPS) is 14.6. The number of ether oxygens (including phenoxy) is 3. The lowest BCUT2D eigenvalue weighted by molar-refractivity contribution is -0.161. The monoisotopic (exact) mass is 1490 g/mol. The zero-order chi connectivity index (χ0) is 75.2. The zero-order valence-electron chi connectivity index (χ0n) is 65.0. The fraction of sp³-hybridized carbons (Fsp3) is 0.729. The van der Waals surface area contributed by atoms with Crippen molar-refractivity contribution >= 4 is 33.6 Å². The Labute approximate surface area is 627 Å². The highest BCUT2D eigenvalue weighted by Crippen LogP contribution is 2.45. The molecule has 0 aromatic heterocycles.